The lowest BCUT2D eigenvalue weighted by Gasteiger charge is -2.66. The standard InChI is InChI=1S/C36H64N6O6/c1-5-7-9-11-13-15-32(45)41-28(21-30(37)43)34(47)39-24(3)19-27-20-26-17-18-36(26,27)23-25(4)40-35(48)29(22-31(38)44)42-33(46)16-14-12-10-8-6-2/h24-29H,5-23H2,1-4H3,(H2,37,43)(H2,38,44)(H,39,47)(H,40,48)(H,41,45)(H,42,46)/t24-,25+,26?,27?,28+,29+,36?/m0/s1. The zero-order valence-electron chi connectivity index (χ0n) is 30.0. The van der Waals surface area contributed by atoms with Gasteiger partial charge in [0.05, 0.1) is 12.8 Å². The normalized spacial score (nSPS) is 22.0. The molecule has 0 saturated heterocycles. The minimum Gasteiger partial charge on any atom is -0.370 e. The lowest BCUT2D eigenvalue weighted by atomic mass is 9.40. The summed E-state index contributed by atoms with van der Waals surface area (Å²) in [6, 6.07) is -2.40. The molecular weight excluding hydrogens is 612 g/mol. The van der Waals surface area contributed by atoms with Crippen molar-refractivity contribution < 1.29 is 28.8 Å². The Morgan fingerprint density at radius 3 is 1.52 bits per heavy atom. The summed E-state index contributed by atoms with van der Waals surface area (Å²) >= 11 is 0. The van der Waals surface area contributed by atoms with E-state index >= 15 is 0 Å². The molecule has 0 radical (unpaired) electrons. The van der Waals surface area contributed by atoms with Gasteiger partial charge in [0, 0.05) is 24.9 Å². The predicted molar refractivity (Wildman–Crippen MR) is 186 cm³/mol. The van der Waals surface area contributed by atoms with Gasteiger partial charge in [-0.1, -0.05) is 65.2 Å². The van der Waals surface area contributed by atoms with Crippen molar-refractivity contribution in [3.63, 3.8) is 0 Å². The van der Waals surface area contributed by atoms with Crippen molar-refractivity contribution >= 4 is 35.4 Å². The Balaban J connectivity index is 1.89. The second-order valence-corrected chi connectivity index (χ2v) is 14.6. The summed E-state index contributed by atoms with van der Waals surface area (Å²) in [6.07, 6.45) is 14.7. The number of amides is 6. The minimum atomic E-state index is -1.01. The lowest BCUT2D eigenvalue weighted by molar-refractivity contribution is -0.159. The summed E-state index contributed by atoms with van der Waals surface area (Å²) in [6.45, 7) is 8.13. The van der Waals surface area contributed by atoms with Crippen molar-refractivity contribution in [2.24, 2.45) is 28.7 Å². The number of nitrogens with two attached hydrogens (primary N) is 2. The fourth-order valence-electron chi connectivity index (χ4n) is 7.72. The molecule has 8 N–H and O–H groups in total. The zero-order chi connectivity index (χ0) is 35.7. The molecule has 12 nitrogen and oxygen atoms in total. The first kappa shape index (κ1) is 41.0. The van der Waals surface area contributed by atoms with Crippen LogP contribution in [-0.4, -0.2) is 59.6 Å². The molecule has 0 heterocycles. The number of hydrogen-bond acceptors (Lipinski definition) is 6. The van der Waals surface area contributed by atoms with E-state index in [-0.39, 0.29) is 42.2 Å². The van der Waals surface area contributed by atoms with Crippen molar-refractivity contribution in [3.8, 4) is 0 Å². The summed E-state index contributed by atoms with van der Waals surface area (Å²) in [5.74, 6) is -1.75. The van der Waals surface area contributed by atoms with Gasteiger partial charge in [-0.05, 0) is 76.0 Å². The largest absolute Gasteiger partial charge is 0.370 e. The van der Waals surface area contributed by atoms with E-state index in [0.717, 1.165) is 96.3 Å². The molecule has 7 atom stereocenters. The van der Waals surface area contributed by atoms with Gasteiger partial charge in [0.1, 0.15) is 12.1 Å². The summed E-state index contributed by atoms with van der Waals surface area (Å²) in [4.78, 5) is 74.8. The number of primary amides is 2. The second-order valence-electron chi connectivity index (χ2n) is 14.6. The van der Waals surface area contributed by atoms with Crippen molar-refractivity contribution in [1.29, 1.82) is 0 Å². The van der Waals surface area contributed by atoms with E-state index in [9.17, 15) is 28.8 Å². The quantitative estimate of drug-likeness (QED) is 0.0755. The summed E-state index contributed by atoms with van der Waals surface area (Å²) in [7, 11) is 0. The molecule has 12 heteroatoms. The molecule has 2 aliphatic carbocycles. The first-order chi connectivity index (χ1) is 22.8. The van der Waals surface area contributed by atoms with E-state index in [1.54, 1.807) is 0 Å². The molecule has 0 aromatic rings. The van der Waals surface area contributed by atoms with Crippen LogP contribution in [0.2, 0.25) is 0 Å². The summed E-state index contributed by atoms with van der Waals surface area (Å²) < 4.78 is 0. The number of nitrogens with one attached hydrogen (secondary N) is 4. The summed E-state index contributed by atoms with van der Waals surface area (Å²) in [5.41, 5.74) is 10.9. The van der Waals surface area contributed by atoms with Gasteiger partial charge in [-0.2, -0.15) is 0 Å². The smallest absolute Gasteiger partial charge is 0.243 e. The van der Waals surface area contributed by atoms with Crippen molar-refractivity contribution in [3.05, 3.63) is 0 Å². The van der Waals surface area contributed by atoms with Crippen LogP contribution in [0, 0.1) is 17.3 Å². The van der Waals surface area contributed by atoms with Gasteiger partial charge in [0.2, 0.25) is 35.4 Å². The number of hydrogen-bond donors (Lipinski definition) is 6. The highest BCUT2D eigenvalue weighted by Crippen LogP contribution is 2.68. The molecule has 6 amide bonds. The van der Waals surface area contributed by atoms with Gasteiger partial charge in [0.15, 0.2) is 0 Å². The molecule has 3 unspecified atom stereocenters. The molecule has 274 valence electrons. The van der Waals surface area contributed by atoms with Gasteiger partial charge in [-0.15, -0.1) is 0 Å². The zero-order valence-corrected chi connectivity index (χ0v) is 30.0. The second kappa shape index (κ2) is 21.0. The fraction of sp³-hybridized carbons (Fsp3) is 0.833. The van der Waals surface area contributed by atoms with Gasteiger partial charge in [-0.25, -0.2) is 0 Å². The van der Waals surface area contributed by atoms with Crippen molar-refractivity contribution in [2.75, 3.05) is 0 Å². The molecule has 2 fully saturated rings. The SMILES string of the molecule is CCCCCCCC(=O)N[C@H](CC(N)=O)C(=O)N[C@H](C)CC12CCC1CC2C[C@H](C)NC(=O)[C@@H](CC(N)=O)NC(=O)CCCCCCC. The van der Waals surface area contributed by atoms with Crippen molar-refractivity contribution in [1.82, 2.24) is 21.3 Å². The molecular formula is C36H64N6O6. The number of carbonyl (C=O) groups excluding carboxylic acids is 6. The van der Waals surface area contributed by atoms with Gasteiger partial charge in [0.25, 0.3) is 0 Å². The van der Waals surface area contributed by atoms with Crippen LogP contribution in [0.3, 0.4) is 0 Å². The van der Waals surface area contributed by atoms with E-state index < -0.39 is 35.7 Å². The van der Waals surface area contributed by atoms with Crippen LogP contribution >= 0.6 is 0 Å². The first-order valence-corrected chi connectivity index (χ1v) is 18.6. The van der Waals surface area contributed by atoms with Crippen LogP contribution < -0.4 is 32.7 Å². The molecule has 2 rings (SSSR count). The molecule has 48 heavy (non-hydrogen) atoms. The van der Waals surface area contributed by atoms with Crippen LogP contribution in [0.5, 0.6) is 0 Å². The Morgan fingerprint density at radius 1 is 0.667 bits per heavy atom. The summed E-state index contributed by atoms with van der Waals surface area (Å²) in [5, 5.41) is 11.4. The van der Waals surface area contributed by atoms with E-state index in [4.69, 9.17) is 11.5 Å². The Hall–Kier alpha value is -3.18. The lowest BCUT2D eigenvalue weighted by Crippen LogP contribution is -2.61. The third-order valence-corrected chi connectivity index (χ3v) is 10.4. The Labute approximate surface area is 287 Å². The monoisotopic (exact) mass is 676 g/mol. The van der Waals surface area contributed by atoms with E-state index in [1.165, 1.54) is 0 Å². The molecule has 0 aliphatic heterocycles. The Kier molecular flexibility index (Phi) is 18.0. The molecule has 2 aliphatic rings. The Bertz CT molecular complexity index is 1090. The van der Waals surface area contributed by atoms with Crippen LogP contribution in [0.1, 0.15) is 150 Å². The van der Waals surface area contributed by atoms with Crippen LogP contribution in [0.15, 0.2) is 0 Å². The average molecular weight is 677 g/mol. The van der Waals surface area contributed by atoms with Crippen LogP contribution in [0.4, 0.5) is 0 Å². The highest BCUT2D eigenvalue weighted by Gasteiger charge is 2.60. The Morgan fingerprint density at radius 2 is 1.12 bits per heavy atom. The third kappa shape index (κ3) is 13.7. The number of carbonyl (C=O) groups is 6. The average Bonchev–Trinajstić information content (AvgIpc) is 3.00. The number of fused-ring (bicyclic) bond motifs is 1. The molecule has 0 aromatic heterocycles. The number of rotatable bonds is 26. The van der Waals surface area contributed by atoms with E-state index in [1.807, 2.05) is 13.8 Å². The molecule has 0 bridgehead atoms. The topological polar surface area (TPSA) is 203 Å². The maximum absolute atomic E-state index is 13.2. The maximum atomic E-state index is 13.2. The van der Waals surface area contributed by atoms with Gasteiger partial charge < -0.3 is 32.7 Å². The predicted octanol–water partition coefficient (Wildman–Crippen LogP) is 3.63. The van der Waals surface area contributed by atoms with Gasteiger partial charge >= 0.3 is 0 Å². The fourth-order valence-corrected chi connectivity index (χ4v) is 7.72. The highest BCUT2D eigenvalue weighted by molar-refractivity contribution is 5.92. The first-order valence-electron chi connectivity index (χ1n) is 18.6. The van der Waals surface area contributed by atoms with Gasteiger partial charge in [-0.3, -0.25) is 28.8 Å². The molecule has 0 spiro atoms. The number of unbranched alkanes of at least 4 members (excludes halogenated alkanes) is 8. The van der Waals surface area contributed by atoms with E-state index in [2.05, 4.69) is 35.1 Å². The highest BCUT2D eigenvalue weighted by atomic mass is 16.2. The molecule has 2 saturated carbocycles. The van der Waals surface area contributed by atoms with E-state index in [0.29, 0.717) is 24.7 Å². The van der Waals surface area contributed by atoms with Crippen LogP contribution in [0.25, 0.3) is 0 Å². The molecule has 0 aromatic carbocycles. The third-order valence-electron chi connectivity index (χ3n) is 10.4. The van der Waals surface area contributed by atoms with Crippen molar-refractivity contribution in [2.45, 2.75) is 174 Å². The minimum absolute atomic E-state index is 0.0468. The van der Waals surface area contributed by atoms with Crippen LogP contribution in [-0.2, 0) is 28.8 Å². The maximum Gasteiger partial charge on any atom is 0.243 e.